The molecule has 6 nitrogen and oxygen atoms in total. The van der Waals surface area contributed by atoms with Crippen molar-refractivity contribution in [1.29, 1.82) is 0 Å². The largest absolute Gasteiger partial charge is 0.493 e. The maximum atomic E-state index is 11.5. The first-order valence-electron chi connectivity index (χ1n) is 8.17. The summed E-state index contributed by atoms with van der Waals surface area (Å²) >= 11 is 0. The van der Waals surface area contributed by atoms with Gasteiger partial charge in [0.1, 0.15) is 23.7 Å². The second-order valence-electron chi connectivity index (χ2n) is 5.41. The maximum absolute atomic E-state index is 11.5. The van der Waals surface area contributed by atoms with Gasteiger partial charge in [-0.2, -0.15) is 0 Å². The molecule has 1 heterocycles. The van der Waals surface area contributed by atoms with Crippen LogP contribution in [0, 0.1) is 0 Å². The van der Waals surface area contributed by atoms with E-state index in [1.165, 1.54) is 0 Å². The van der Waals surface area contributed by atoms with Gasteiger partial charge in [0, 0.05) is 11.8 Å². The lowest BCUT2D eigenvalue weighted by atomic mass is 10.1. The molecular formula is C20H18N2O4. The van der Waals surface area contributed by atoms with E-state index in [0.717, 1.165) is 5.75 Å². The van der Waals surface area contributed by atoms with E-state index in [1.807, 2.05) is 37.3 Å². The van der Waals surface area contributed by atoms with Crippen LogP contribution in [0.25, 0.3) is 11.3 Å². The molecule has 0 radical (unpaired) electrons. The van der Waals surface area contributed by atoms with Crippen LogP contribution >= 0.6 is 0 Å². The van der Waals surface area contributed by atoms with Gasteiger partial charge >= 0.3 is 5.97 Å². The van der Waals surface area contributed by atoms with E-state index in [-0.39, 0.29) is 12.2 Å². The molecule has 1 aromatic heterocycles. The fraction of sp³-hybridized carbons (Fsp3) is 0.150. The van der Waals surface area contributed by atoms with Gasteiger partial charge in [-0.15, -0.1) is 0 Å². The SMILES string of the molecule is CCOc1ccc(-c2ccnc(COc3ccccc3)n2)cc1C(=O)O. The molecule has 0 unspecified atom stereocenters. The van der Waals surface area contributed by atoms with E-state index >= 15 is 0 Å². The lowest BCUT2D eigenvalue weighted by molar-refractivity contribution is 0.0692. The van der Waals surface area contributed by atoms with Crippen LogP contribution in [-0.2, 0) is 6.61 Å². The third-order valence-electron chi connectivity index (χ3n) is 3.62. The van der Waals surface area contributed by atoms with Crippen LogP contribution in [0.15, 0.2) is 60.8 Å². The fourth-order valence-corrected chi connectivity index (χ4v) is 2.43. The molecule has 0 aliphatic carbocycles. The normalized spacial score (nSPS) is 10.3. The lowest BCUT2D eigenvalue weighted by Gasteiger charge is -2.10. The third-order valence-corrected chi connectivity index (χ3v) is 3.62. The average Bonchev–Trinajstić information content (AvgIpc) is 2.68. The predicted octanol–water partition coefficient (Wildman–Crippen LogP) is 3.82. The van der Waals surface area contributed by atoms with Gasteiger partial charge < -0.3 is 14.6 Å². The zero-order valence-corrected chi connectivity index (χ0v) is 14.3. The summed E-state index contributed by atoms with van der Waals surface area (Å²) in [6.07, 6.45) is 1.63. The van der Waals surface area contributed by atoms with Crippen LogP contribution in [0.2, 0.25) is 0 Å². The predicted molar refractivity (Wildman–Crippen MR) is 96.4 cm³/mol. The lowest BCUT2D eigenvalue weighted by Crippen LogP contribution is -2.04. The van der Waals surface area contributed by atoms with Crippen LogP contribution in [0.1, 0.15) is 23.1 Å². The van der Waals surface area contributed by atoms with Crippen molar-refractivity contribution in [3.63, 3.8) is 0 Å². The summed E-state index contributed by atoms with van der Waals surface area (Å²) in [4.78, 5) is 20.1. The minimum absolute atomic E-state index is 0.102. The number of rotatable bonds is 7. The Kier molecular flexibility index (Phi) is 5.43. The molecule has 3 aromatic rings. The Hall–Kier alpha value is -3.41. The zero-order chi connectivity index (χ0) is 18.4. The molecule has 2 aromatic carbocycles. The first-order valence-corrected chi connectivity index (χ1v) is 8.17. The highest BCUT2D eigenvalue weighted by Gasteiger charge is 2.14. The first-order chi connectivity index (χ1) is 12.7. The molecule has 3 rings (SSSR count). The van der Waals surface area contributed by atoms with Crippen molar-refractivity contribution in [2.75, 3.05) is 6.61 Å². The van der Waals surface area contributed by atoms with Crippen molar-refractivity contribution < 1.29 is 19.4 Å². The highest BCUT2D eigenvalue weighted by molar-refractivity contribution is 5.92. The van der Waals surface area contributed by atoms with Crippen LogP contribution in [0.5, 0.6) is 11.5 Å². The molecule has 0 saturated carbocycles. The van der Waals surface area contributed by atoms with Gasteiger partial charge in [0.05, 0.1) is 12.3 Å². The molecule has 0 saturated heterocycles. The van der Waals surface area contributed by atoms with Crippen LogP contribution in [0.4, 0.5) is 0 Å². The molecular weight excluding hydrogens is 332 g/mol. The highest BCUT2D eigenvalue weighted by atomic mass is 16.5. The summed E-state index contributed by atoms with van der Waals surface area (Å²) in [6.45, 7) is 2.43. The first kappa shape index (κ1) is 17.4. The summed E-state index contributed by atoms with van der Waals surface area (Å²) in [5.74, 6) is 0.537. The van der Waals surface area contributed by atoms with Gasteiger partial charge in [-0.05, 0) is 43.3 Å². The molecule has 6 heteroatoms. The zero-order valence-electron chi connectivity index (χ0n) is 14.3. The van der Waals surface area contributed by atoms with Crippen LogP contribution in [0.3, 0.4) is 0 Å². The van der Waals surface area contributed by atoms with E-state index < -0.39 is 5.97 Å². The number of carboxylic acids is 1. The molecule has 26 heavy (non-hydrogen) atoms. The van der Waals surface area contributed by atoms with Crippen LogP contribution in [-0.4, -0.2) is 27.7 Å². The summed E-state index contributed by atoms with van der Waals surface area (Å²) in [5.41, 5.74) is 1.40. The number of ether oxygens (including phenoxy) is 2. The molecule has 0 fully saturated rings. The van der Waals surface area contributed by atoms with Gasteiger partial charge in [0.2, 0.25) is 0 Å². The fourth-order valence-electron chi connectivity index (χ4n) is 2.43. The molecule has 0 amide bonds. The van der Waals surface area contributed by atoms with Crippen molar-refractivity contribution >= 4 is 5.97 Å². The average molecular weight is 350 g/mol. The number of aromatic nitrogens is 2. The van der Waals surface area contributed by atoms with Crippen molar-refractivity contribution in [1.82, 2.24) is 9.97 Å². The molecule has 1 N–H and O–H groups in total. The number of nitrogens with zero attached hydrogens (tertiary/aromatic N) is 2. The standard InChI is InChI=1S/C20H18N2O4/c1-2-25-18-9-8-14(12-16(18)20(23)24)17-10-11-21-19(22-17)13-26-15-6-4-3-5-7-15/h3-12H,2,13H2,1H3,(H,23,24). The smallest absolute Gasteiger partial charge is 0.339 e. The number of benzene rings is 2. The summed E-state index contributed by atoms with van der Waals surface area (Å²) < 4.78 is 11.0. The second kappa shape index (κ2) is 8.11. The molecule has 0 atom stereocenters. The maximum Gasteiger partial charge on any atom is 0.339 e. The number of hydrogen-bond acceptors (Lipinski definition) is 5. The van der Waals surface area contributed by atoms with E-state index in [2.05, 4.69) is 9.97 Å². The van der Waals surface area contributed by atoms with Crippen LogP contribution < -0.4 is 9.47 Å². The van der Waals surface area contributed by atoms with E-state index in [4.69, 9.17) is 9.47 Å². The highest BCUT2D eigenvalue weighted by Crippen LogP contribution is 2.26. The number of aromatic carboxylic acids is 1. The van der Waals surface area contributed by atoms with Gasteiger partial charge in [0.15, 0.2) is 5.82 Å². The second-order valence-corrected chi connectivity index (χ2v) is 5.41. The minimum Gasteiger partial charge on any atom is -0.493 e. The Morgan fingerprint density at radius 3 is 2.62 bits per heavy atom. The Bertz CT molecular complexity index is 897. The van der Waals surface area contributed by atoms with E-state index in [9.17, 15) is 9.90 Å². The molecule has 0 spiro atoms. The summed E-state index contributed by atoms with van der Waals surface area (Å²) in [6, 6.07) is 16.1. The van der Waals surface area contributed by atoms with Crippen molar-refractivity contribution in [3.8, 4) is 22.8 Å². The Labute approximate surface area is 151 Å². The third kappa shape index (κ3) is 4.16. The van der Waals surface area contributed by atoms with Gasteiger partial charge in [-0.1, -0.05) is 18.2 Å². The monoisotopic (exact) mass is 350 g/mol. The molecule has 132 valence electrons. The summed E-state index contributed by atoms with van der Waals surface area (Å²) in [5, 5.41) is 9.40. The Morgan fingerprint density at radius 2 is 1.88 bits per heavy atom. The number of carbonyl (C=O) groups is 1. The summed E-state index contributed by atoms with van der Waals surface area (Å²) in [7, 11) is 0. The van der Waals surface area contributed by atoms with Gasteiger partial charge in [0.25, 0.3) is 0 Å². The number of hydrogen-bond donors (Lipinski definition) is 1. The molecule has 0 aliphatic heterocycles. The topological polar surface area (TPSA) is 81.5 Å². The van der Waals surface area contributed by atoms with E-state index in [0.29, 0.717) is 29.4 Å². The quantitative estimate of drug-likeness (QED) is 0.698. The number of carboxylic acid groups (broad SMARTS) is 1. The van der Waals surface area contributed by atoms with Gasteiger partial charge in [-0.3, -0.25) is 0 Å². The Morgan fingerprint density at radius 1 is 1.08 bits per heavy atom. The molecule has 0 bridgehead atoms. The Balaban J connectivity index is 1.83. The molecule has 0 aliphatic rings. The number of para-hydroxylation sites is 1. The van der Waals surface area contributed by atoms with Crippen molar-refractivity contribution in [3.05, 3.63) is 72.2 Å². The van der Waals surface area contributed by atoms with Crippen molar-refractivity contribution in [2.45, 2.75) is 13.5 Å². The van der Waals surface area contributed by atoms with E-state index in [1.54, 1.807) is 30.5 Å². The van der Waals surface area contributed by atoms with Gasteiger partial charge in [-0.25, -0.2) is 14.8 Å². The minimum atomic E-state index is -1.04. The van der Waals surface area contributed by atoms with Crippen molar-refractivity contribution in [2.24, 2.45) is 0 Å².